The number of nitrogens with one attached hydrogen (secondary N) is 1. The third-order valence-corrected chi connectivity index (χ3v) is 4.53. The van der Waals surface area contributed by atoms with E-state index in [0.29, 0.717) is 15.7 Å². The van der Waals surface area contributed by atoms with Gasteiger partial charge < -0.3 is 0 Å². The summed E-state index contributed by atoms with van der Waals surface area (Å²) in [4.78, 5) is 4.31. The Morgan fingerprint density at radius 2 is 1.92 bits per heavy atom. The topological polar surface area (TPSA) is 37.3 Å². The van der Waals surface area contributed by atoms with E-state index in [4.69, 9.17) is 23.2 Å². The van der Waals surface area contributed by atoms with Gasteiger partial charge in [0.05, 0.1) is 27.0 Å². The van der Waals surface area contributed by atoms with Crippen molar-refractivity contribution in [3.05, 3.63) is 57.6 Å². The number of aromatic nitrogens is 1. The molecule has 3 aromatic rings. The highest BCUT2D eigenvalue weighted by Crippen LogP contribution is 2.32. The summed E-state index contributed by atoms with van der Waals surface area (Å²) in [5.41, 5.74) is 3.06. The van der Waals surface area contributed by atoms with Crippen molar-refractivity contribution < 1.29 is 13.2 Å². The highest BCUT2D eigenvalue weighted by atomic mass is 35.5. The summed E-state index contributed by atoms with van der Waals surface area (Å²) in [6.45, 7) is 0. The van der Waals surface area contributed by atoms with Gasteiger partial charge in [0.1, 0.15) is 0 Å². The number of fused-ring (bicyclic) bond motifs is 1. The van der Waals surface area contributed by atoms with Gasteiger partial charge in [0.25, 0.3) is 0 Å². The molecule has 0 fully saturated rings. The fourth-order valence-corrected chi connectivity index (χ4v) is 3.23. The van der Waals surface area contributed by atoms with Crippen LogP contribution in [0.1, 0.15) is 11.1 Å². The molecule has 0 radical (unpaired) electrons. The zero-order valence-corrected chi connectivity index (χ0v) is 14.1. The number of hydrazone groups is 1. The lowest BCUT2D eigenvalue weighted by molar-refractivity contribution is -0.137. The van der Waals surface area contributed by atoms with Gasteiger partial charge in [-0.1, -0.05) is 40.6 Å². The van der Waals surface area contributed by atoms with Crippen molar-refractivity contribution in [2.75, 3.05) is 5.43 Å². The predicted octanol–water partition coefficient (Wildman–Crippen LogP) is 6.07. The Hall–Kier alpha value is -1.83. The van der Waals surface area contributed by atoms with Crippen LogP contribution in [0.25, 0.3) is 10.2 Å². The van der Waals surface area contributed by atoms with Crippen LogP contribution in [0.5, 0.6) is 0 Å². The van der Waals surface area contributed by atoms with Crippen LogP contribution in [0.15, 0.2) is 41.5 Å². The maximum absolute atomic E-state index is 12.6. The Labute approximate surface area is 148 Å². The monoisotopic (exact) mass is 389 g/mol. The average Bonchev–Trinajstić information content (AvgIpc) is 2.89. The average molecular weight is 390 g/mol. The van der Waals surface area contributed by atoms with E-state index < -0.39 is 11.7 Å². The van der Waals surface area contributed by atoms with Crippen LogP contribution in [-0.4, -0.2) is 11.2 Å². The number of alkyl halides is 3. The second-order valence-corrected chi connectivity index (χ2v) is 6.61. The molecule has 0 atom stereocenters. The molecule has 0 saturated carbocycles. The van der Waals surface area contributed by atoms with Crippen molar-refractivity contribution in [3.63, 3.8) is 0 Å². The lowest BCUT2D eigenvalue weighted by Crippen LogP contribution is -2.05. The Morgan fingerprint density at radius 3 is 2.62 bits per heavy atom. The van der Waals surface area contributed by atoms with E-state index in [1.165, 1.54) is 23.6 Å². The second kappa shape index (κ2) is 6.58. The van der Waals surface area contributed by atoms with Gasteiger partial charge in [-0.05, 0) is 30.3 Å². The zero-order valence-electron chi connectivity index (χ0n) is 11.7. The minimum atomic E-state index is -4.43. The van der Waals surface area contributed by atoms with Crippen molar-refractivity contribution >= 4 is 56.1 Å². The van der Waals surface area contributed by atoms with Crippen molar-refractivity contribution in [1.82, 2.24) is 4.98 Å². The summed E-state index contributed by atoms with van der Waals surface area (Å²) in [7, 11) is 0. The molecule has 0 aliphatic rings. The maximum atomic E-state index is 12.6. The van der Waals surface area contributed by atoms with Crippen LogP contribution in [0.4, 0.5) is 18.3 Å². The first-order chi connectivity index (χ1) is 11.3. The molecule has 0 aliphatic carbocycles. The van der Waals surface area contributed by atoms with Crippen molar-refractivity contribution in [3.8, 4) is 0 Å². The number of thiazole rings is 1. The quantitative estimate of drug-likeness (QED) is 0.436. The molecular formula is C15H8Cl2F3N3S. The molecule has 0 amide bonds. The first kappa shape index (κ1) is 17.0. The number of nitrogens with zero attached hydrogens (tertiary/aromatic N) is 2. The minimum Gasteiger partial charge on any atom is -0.253 e. The summed E-state index contributed by atoms with van der Waals surface area (Å²) in [6.07, 6.45) is -3.10. The Kier molecular flexibility index (Phi) is 4.67. The number of anilines is 1. The molecule has 2 aromatic carbocycles. The van der Waals surface area contributed by atoms with E-state index in [9.17, 15) is 13.2 Å². The van der Waals surface area contributed by atoms with E-state index in [2.05, 4.69) is 15.5 Å². The molecule has 0 saturated heterocycles. The van der Waals surface area contributed by atoms with Crippen LogP contribution in [-0.2, 0) is 6.18 Å². The van der Waals surface area contributed by atoms with Gasteiger partial charge in [-0.25, -0.2) is 4.98 Å². The molecule has 24 heavy (non-hydrogen) atoms. The van der Waals surface area contributed by atoms with E-state index in [1.807, 2.05) is 0 Å². The van der Waals surface area contributed by atoms with Gasteiger partial charge in [-0.15, -0.1) is 0 Å². The van der Waals surface area contributed by atoms with Gasteiger partial charge >= 0.3 is 6.18 Å². The third kappa shape index (κ3) is 3.80. The molecule has 3 rings (SSSR count). The molecule has 9 heteroatoms. The third-order valence-electron chi connectivity index (χ3n) is 3.04. The van der Waals surface area contributed by atoms with Crippen molar-refractivity contribution in [2.45, 2.75) is 6.18 Å². The summed E-state index contributed by atoms with van der Waals surface area (Å²) >= 11 is 13.1. The van der Waals surface area contributed by atoms with E-state index in [0.717, 1.165) is 22.3 Å². The minimum absolute atomic E-state index is 0.0357. The normalized spacial score (nSPS) is 12.2. The van der Waals surface area contributed by atoms with Crippen LogP contribution < -0.4 is 5.43 Å². The highest BCUT2D eigenvalue weighted by Gasteiger charge is 2.30. The van der Waals surface area contributed by atoms with Crippen LogP contribution in [0, 0.1) is 0 Å². The summed E-state index contributed by atoms with van der Waals surface area (Å²) < 4.78 is 38.6. The molecule has 1 heterocycles. The first-order valence-corrected chi connectivity index (χ1v) is 8.12. The predicted molar refractivity (Wildman–Crippen MR) is 92.3 cm³/mol. The molecule has 3 nitrogen and oxygen atoms in total. The lowest BCUT2D eigenvalue weighted by Gasteiger charge is -2.07. The fraction of sp³-hybridized carbons (Fsp3) is 0.0667. The largest absolute Gasteiger partial charge is 0.416 e. The number of halogens is 5. The maximum Gasteiger partial charge on any atom is 0.416 e. The van der Waals surface area contributed by atoms with Gasteiger partial charge in [-0.3, -0.25) is 5.43 Å². The molecule has 0 unspecified atom stereocenters. The van der Waals surface area contributed by atoms with E-state index in [-0.39, 0.29) is 5.02 Å². The molecule has 0 aliphatic heterocycles. The number of rotatable bonds is 3. The second-order valence-electron chi connectivity index (χ2n) is 4.74. The van der Waals surface area contributed by atoms with Crippen LogP contribution in [0.3, 0.4) is 0 Å². The van der Waals surface area contributed by atoms with Crippen LogP contribution in [0.2, 0.25) is 10.0 Å². The first-order valence-electron chi connectivity index (χ1n) is 6.55. The molecular weight excluding hydrogens is 382 g/mol. The Bertz CT molecular complexity index is 922. The van der Waals surface area contributed by atoms with Gasteiger partial charge in [-0.2, -0.15) is 18.3 Å². The van der Waals surface area contributed by atoms with E-state index >= 15 is 0 Å². The van der Waals surface area contributed by atoms with E-state index in [1.54, 1.807) is 18.2 Å². The smallest absolute Gasteiger partial charge is 0.253 e. The van der Waals surface area contributed by atoms with Crippen molar-refractivity contribution in [1.29, 1.82) is 0 Å². The standard InChI is InChI=1S/C15H8Cl2F3N3S/c16-10-3-4-12-13(6-10)24-14(22-12)23-21-7-8-1-2-9(5-11(8)17)15(18,19)20/h1-7H,(H,22,23). The molecule has 0 spiro atoms. The molecule has 1 N–H and O–H groups in total. The van der Waals surface area contributed by atoms with Crippen molar-refractivity contribution in [2.24, 2.45) is 5.10 Å². The van der Waals surface area contributed by atoms with Gasteiger partial charge in [0.15, 0.2) is 0 Å². The Morgan fingerprint density at radius 1 is 1.12 bits per heavy atom. The summed E-state index contributed by atoms with van der Waals surface area (Å²) in [5.74, 6) is 0. The SMILES string of the molecule is FC(F)(F)c1ccc(C=NNc2nc3ccc(Cl)cc3s2)c(Cl)c1. The molecule has 1 aromatic heterocycles. The molecule has 0 bridgehead atoms. The fourth-order valence-electron chi connectivity index (χ4n) is 1.91. The summed E-state index contributed by atoms with van der Waals surface area (Å²) in [6, 6.07) is 8.38. The number of hydrogen-bond acceptors (Lipinski definition) is 4. The summed E-state index contributed by atoms with van der Waals surface area (Å²) in [5, 5.41) is 5.06. The van der Waals surface area contributed by atoms with Gasteiger partial charge in [0.2, 0.25) is 5.13 Å². The lowest BCUT2D eigenvalue weighted by atomic mass is 10.1. The number of benzene rings is 2. The van der Waals surface area contributed by atoms with Crippen LogP contribution >= 0.6 is 34.5 Å². The molecule has 124 valence electrons. The highest BCUT2D eigenvalue weighted by molar-refractivity contribution is 7.22. The number of hydrogen-bond donors (Lipinski definition) is 1. The van der Waals surface area contributed by atoms with Gasteiger partial charge in [0, 0.05) is 10.6 Å². The Balaban J connectivity index is 1.75. The zero-order chi connectivity index (χ0) is 17.3.